The van der Waals surface area contributed by atoms with E-state index in [0.29, 0.717) is 18.6 Å². The maximum atomic E-state index is 10.2. The summed E-state index contributed by atoms with van der Waals surface area (Å²) in [4.78, 5) is 0. The van der Waals surface area contributed by atoms with Gasteiger partial charge in [-0.15, -0.1) is 0 Å². The van der Waals surface area contributed by atoms with Crippen LogP contribution in [0.5, 0.6) is 0 Å². The van der Waals surface area contributed by atoms with Crippen LogP contribution in [0.1, 0.15) is 12.8 Å². The molecule has 7 heteroatoms. The van der Waals surface area contributed by atoms with Crippen molar-refractivity contribution >= 4 is 23.0 Å². The summed E-state index contributed by atoms with van der Waals surface area (Å²) in [6.45, 7) is 0.0631. The molecule has 0 saturated carbocycles. The lowest BCUT2D eigenvalue weighted by molar-refractivity contribution is 0.179. The minimum absolute atomic E-state index is 0.0631. The first-order chi connectivity index (χ1) is 5.49. The molecule has 0 aromatic heterocycles. The average molecular weight is 215 g/mol. The second kappa shape index (κ2) is 5.76. The van der Waals surface area contributed by atoms with Crippen molar-refractivity contribution in [1.29, 1.82) is 0 Å². The SMILES string of the molecule is NCC(CCCS)OS(=O)(=O)O. The van der Waals surface area contributed by atoms with E-state index in [9.17, 15) is 8.42 Å². The van der Waals surface area contributed by atoms with Crippen molar-refractivity contribution in [1.82, 2.24) is 0 Å². The van der Waals surface area contributed by atoms with Gasteiger partial charge in [-0.3, -0.25) is 4.55 Å². The van der Waals surface area contributed by atoms with Crippen LogP contribution in [-0.4, -0.2) is 31.4 Å². The topological polar surface area (TPSA) is 89.6 Å². The van der Waals surface area contributed by atoms with Gasteiger partial charge in [0.05, 0.1) is 6.10 Å². The van der Waals surface area contributed by atoms with Gasteiger partial charge in [0.1, 0.15) is 0 Å². The Balaban J connectivity index is 3.83. The van der Waals surface area contributed by atoms with Crippen molar-refractivity contribution in [3.8, 4) is 0 Å². The molecule has 0 aliphatic carbocycles. The Morgan fingerprint density at radius 1 is 1.58 bits per heavy atom. The molecule has 0 spiro atoms. The van der Waals surface area contributed by atoms with Gasteiger partial charge in [-0.05, 0) is 18.6 Å². The van der Waals surface area contributed by atoms with Crippen LogP contribution in [0.15, 0.2) is 0 Å². The van der Waals surface area contributed by atoms with E-state index in [0.717, 1.165) is 0 Å². The van der Waals surface area contributed by atoms with Gasteiger partial charge in [-0.2, -0.15) is 21.0 Å². The van der Waals surface area contributed by atoms with E-state index < -0.39 is 16.5 Å². The van der Waals surface area contributed by atoms with Gasteiger partial charge in [-0.25, -0.2) is 4.18 Å². The van der Waals surface area contributed by atoms with Crippen LogP contribution in [-0.2, 0) is 14.6 Å². The Kier molecular flexibility index (Phi) is 5.85. The summed E-state index contributed by atoms with van der Waals surface area (Å²) in [5.74, 6) is 0.630. The van der Waals surface area contributed by atoms with Crippen LogP contribution >= 0.6 is 12.6 Å². The molecular weight excluding hydrogens is 202 g/mol. The Bertz CT molecular complexity index is 203. The van der Waals surface area contributed by atoms with Crippen LogP contribution in [0.3, 0.4) is 0 Å². The largest absolute Gasteiger partial charge is 0.397 e. The van der Waals surface area contributed by atoms with Gasteiger partial charge in [0.2, 0.25) is 0 Å². The summed E-state index contributed by atoms with van der Waals surface area (Å²) in [5.41, 5.74) is 5.20. The summed E-state index contributed by atoms with van der Waals surface area (Å²) < 4.78 is 33.0. The van der Waals surface area contributed by atoms with E-state index in [1.165, 1.54) is 0 Å². The molecule has 74 valence electrons. The third-order valence-electron chi connectivity index (χ3n) is 1.20. The Labute approximate surface area is 77.6 Å². The molecule has 0 rings (SSSR count). The van der Waals surface area contributed by atoms with Crippen LogP contribution in [0.2, 0.25) is 0 Å². The van der Waals surface area contributed by atoms with E-state index in [-0.39, 0.29) is 6.54 Å². The summed E-state index contributed by atoms with van der Waals surface area (Å²) in [7, 11) is -4.37. The molecule has 0 aliphatic rings. The average Bonchev–Trinajstić information content (AvgIpc) is 1.95. The van der Waals surface area contributed by atoms with Crippen LogP contribution in [0, 0.1) is 0 Å². The minimum Gasteiger partial charge on any atom is -0.328 e. The molecule has 0 fully saturated rings. The van der Waals surface area contributed by atoms with Gasteiger partial charge in [0.15, 0.2) is 0 Å². The zero-order chi connectivity index (χ0) is 9.61. The van der Waals surface area contributed by atoms with Crippen molar-refractivity contribution in [2.45, 2.75) is 18.9 Å². The van der Waals surface area contributed by atoms with Gasteiger partial charge in [-0.1, -0.05) is 0 Å². The molecule has 1 unspecified atom stereocenters. The van der Waals surface area contributed by atoms with Crippen LogP contribution in [0.25, 0.3) is 0 Å². The fraction of sp³-hybridized carbons (Fsp3) is 1.00. The number of hydrogen-bond donors (Lipinski definition) is 3. The normalized spacial score (nSPS) is 14.6. The molecule has 0 aromatic carbocycles. The Hall–Kier alpha value is 0.180. The molecule has 0 bridgehead atoms. The highest BCUT2D eigenvalue weighted by molar-refractivity contribution is 7.81. The van der Waals surface area contributed by atoms with Gasteiger partial charge in [0, 0.05) is 6.54 Å². The van der Waals surface area contributed by atoms with Crippen LogP contribution in [0.4, 0.5) is 0 Å². The monoisotopic (exact) mass is 215 g/mol. The highest BCUT2D eigenvalue weighted by atomic mass is 32.3. The fourth-order valence-corrected chi connectivity index (χ4v) is 1.40. The number of rotatable bonds is 6. The summed E-state index contributed by atoms with van der Waals surface area (Å²) >= 11 is 3.94. The molecular formula is C5H13NO4S2. The van der Waals surface area contributed by atoms with Crippen molar-refractivity contribution < 1.29 is 17.2 Å². The molecule has 0 aromatic rings. The number of nitrogens with two attached hydrogens (primary N) is 1. The summed E-state index contributed by atoms with van der Waals surface area (Å²) in [6, 6.07) is 0. The van der Waals surface area contributed by atoms with E-state index in [2.05, 4.69) is 16.8 Å². The molecule has 0 saturated heterocycles. The highest BCUT2D eigenvalue weighted by Crippen LogP contribution is 2.04. The smallest absolute Gasteiger partial charge is 0.328 e. The standard InChI is InChI=1S/C5H13NO4S2/c6-4-5(2-1-3-11)10-12(7,8)9/h5,11H,1-4,6H2,(H,7,8,9). The van der Waals surface area contributed by atoms with Crippen molar-refractivity contribution in [2.75, 3.05) is 12.3 Å². The van der Waals surface area contributed by atoms with Gasteiger partial charge >= 0.3 is 10.4 Å². The lowest BCUT2D eigenvalue weighted by Gasteiger charge is -2.11. The molecule has 0 radical (unpaired) electrons. The maximum Gasteiger partial charge on any atom is 0.397 e. The van der Waals surface area contributed by atoms with E-state index in [4.69, 9.17) is 10.3 Å². The molecule has 3 N–H and O–H groups in total. The maximum absolute atomic E-state index is 10.2. The highest BCUT2D eigenvalue weighted by Gasteiger charge is 2.14. The molecule has 1 atom stereocenters. The minimum atomic E-state index is -4.37. The fourth-order valence-electron chi connectivity index (χ4n) is 0.696. The van der Waals surface area contributed by atoms with Gasteiger partial charge in [0.25, 0.3) is 0 Å². The zero-order valence-corrected chi connectivity index (χ0v) is 8.22. The molecule has 0 heterocycles. The van der Waals surface area contributed by atoms with Crippen molar-refractivity contribution in [2.24, 2.45) is 5.73 Å². The molecule has 5 nitrogen and oxygen atoms in total. The third kappa shape index (κ3) is 6.86. The Morgan fingerprint density at radius 3 is 2.50 bits per heavy atom. The predicted molar refractivity (Wildman–Crippen MR) is 48.6 cm³/mol. The second-order valence-corrected chi connectivity index (χ2v) is 3.74. The summed E-state index contributed by atoms with van der Waals surface area (Å²) in [5, 5.41) is 0. The second-order valence-electron chi connectivity index (χ2n) is 2.25. The van der Waals surface area contributed by atoms with Crippen molar-refractivity contribution in [3.05, 3.63) is 0 Å². The van der Waals surface area contributed by atoms with E-state index in [1.54, 1.807) is 0 Å². The van der Waals surface area contributed by atoms with E-state index in [1.807, 2.05) is 0 Å². The first kappa shape index (κ1) is 12.2. The van der Waals surface area contributed by atoms with Crippen LogP contribution < -0.4 is 5.73 Å². The zero-order valence-electron chi connectivity index (χ0n) is 6.51. The quantitative estimate of drug-likeness (QED) is 0.423. The van der Waals surface area contributed by atoms with Crippen molar-refractivity contribution in [3.63, 3.8) is 0 Å². The predicted octanol–water partition coefficient (Wildman–Crippen LogP) is -0.157. The third-order valence-corrected chi connectivity index (χ3v) is 2.04. The number of thiol groups is 1. The molecule has 12 heavy (non-hydrogen) atoms. The van der Waals surface area contributed by atoms with Gasteiger partial charge < -0.3 is 5.73 Å². The lowest BCUT2D eigenvalue weighted by atomic mass is 10.2. The lowest BCUT2D eigenvalue weighted by Crippen LogP contribution is -2.26. The first-order valence-electron chi connectivity index (χ1n) is 3.46. The molecule has 0 amide bonds. The number of hydrogen-bond acceptors (Lipinski definition) is 5. The Morgan fingerprint density at radius 2 is 2.17 bits per heavy atom. The molecule has 0 aliphatic heterocycles. The summed E-state index contributed by atoms with van der Waals surface area (Å²) in [6.07, 6.45) is 0.521. The van der Waals surface area contributed by atoms with E-state index >= 15 is 0 Å². The first-order valence-corrected chi connectivity index (χ1v) is 5.46.